The predicted octanol–water partition coefficient (Wildman–Crippen LogP) is 2.73. The summed E-state index contributed by atoms with van der Waals surface area (Å²) in [4.78, 5) is 0.420. The first-order valence-corrected chi connectivity index (χ1v) is 9.77. The molecule has 0 bridgehead atoms. The topological polar surface area (TPSA) is 64.6 Å². The number of aryl methyl sites for hydroxylation is 1. The van der Waals surface area contributed by atoms with Gasteiger partial charge in [-0.05, 0) is 42.2 Å². The van der Waals surface area contributed by atoms with E-state index in [2.05, 4.69) is 4.72 Å². The lowest BCUT2D eigenvalue weighted by Gasteiger charge is -2.26. The molecule has 0 amide bonds. The van der Waals surface area contributed by atoms with E-state index in [4.69, 9.17) is 9.47 Å². The first kappa shape index (κ1) is 16.2. The molecule has 0 radical (unpaired) electrons. The van der Waals surface area contributed by atoms with Crippen LogP contribution in [-0.4, -0.2) is 27.7 Å². The fourth-order valence-electron chi connectivity index (χ4n) is 3.08. The Morgan fingerprint density at radius 2 is 1.76 bits per heavy atom. The number of benzene rings is 2. The molecule has 130 valence electrons. The van der Waals surface area contributed by atoms with Crippen LogP contribution in [0.3, 0.4) is 0 Å². The van der Waals surface area contributed by atoms with Crippen molar-refractivity contribution in [2.24, 2.45) is 0 Å². The van der Waals surface area contributed by atoms with Crippen LogP contribution in [0.25, 0.3) is 6.08 Å². The molecule has 0 saturated heterocycles. The van der Waals surface area contributed by atoms with E-state index in [-0.39, 0.29) is 12.6 Å². The quantitative estimate of drug-likeness (QED) is 0.914. The van der Waals surface area contributed by atoms with Gasteiger partial charge in [0.05, 0.1) is 11.4 Å². The summed E-state index contributed by atoms with van der Waals surface area (Å²) in [6, 6.07) is 15.3. The molecule has 1 aliphatic heterocycles. The summed E-state index contributed by atoms with van der Waals surface area (Å²) in [5.74, 6) is 1.33. The number of rotatable bonds is 4. The van der Waals surface area contributed by atoms with Gasteiger partial charge in [-0.25, -0.2) is 13.1 Å². The van der Waals surface area contributed by atoms with Crippen LogP contribution in [0.5, 0.6) is 11.5 Å². The van der Waals surface area contributed by atoms with Crippen molar-refractivity contribution >= 4 is 16.1 Å². The van der Waals surface area contributed by atoms with Gasteiger partial charge >= 0.3 is 0 Å². The Morgan fingerprint density at radius 1 is 1.00 bits per heavy atom. The summed E-state index contributed by atoms with van der Waals surface area (Å²) in [6.07, 6.45) is 2.66. The van der Waals surface area contributed by atoms with E-state index in [1.54, 1.807) is 6.08 Å². The Balaban J connectivity index is 1.44. The molecule has 5 nitrogen and oxygen atoms in total. The molecule has 4 rings (SSSR count). The zero-order chi connectivity index (χ0) is 17.3. The van der Waals surface area contributed by atoms with Crippen LogP contribution >= 0.6 is 0 Å². The summed E-state index contributed by atoms with van der Waals surface area (Å²) >= 11 is 0. The number of para-hydroxylation sites is 2. The van der Waals surface area contributed by atoms with Crippen molar-refractivity contribution in [3.8, 4) is 11.5 Å². The Morgan fingerprint density at radius 3 is 2.64 bits per heavy atom. The van der Waals surface area contributed by atoms with Crippen molar-refractivity contribution in [3.05, 3.63) is 64.6 Å². The maximum atomic E-state index is 12.6. The average Bonchev–Trinajstić information content (AvgIpc) is 2.66. The third-order valence-corrected chi connectivity index (χ3v) is 5.99. The highest BCUT2D eigenvalue weighted by molar-refractivity contribution is 7.93. The lowest BCUT2D eigenvalue weighted by molar-refractivity contribution is 0.0943. The molecular weight excluding hydrogens is 338 g/mol. The van der Waals surface area contributed by atoms with Gasteiger partial charge in [-0.3, -0.25) is 0 Å². The van der Waals surface area contributed by atoms with Crippen LogP contribution in [-0.2, 0) is 16.4 Å². The van der Waals surface area contributed by atoms with E-state index < -0.39 is 10.0 Å². The fourth-order valence-corrected chi connectivity index (χ4v) is 4.32. The first-order valence-electron chi connectivity index (χ1n) is 8.28. The maximum Gasteiger partial charge on any atom is 0.236 e. The van der Waals surface area contributed by atoms with Gasteiger partial charge in [0.15, 0.2) is 11.5 Å². The van der Waals surface area contributed by atoms with E-state index >= 15 is 0 Å². The first-order chi connectivity index (χ1) is 12.1. The molecule has 6 heteroatoms. The third kappa shape index (κ3) is 3.41. The Labute approximate surface area is 147 Å². The summed E-state index contributed by atoms with van der Waals surface area (Å²) in [7, 11) is -3.53. The van der Waals surface area contributed by atoms with E-state index in [9.17, 15) is 8.42 Å². The average molecular weight is 357 g/mol. The molecule has 0 unspecified atom stereocenters. The van der Waals surface area contributed by atoms with Crippen LogP contribution in [0.15, 0.2) is 53.4 Å². The SMILES string of the molecule is O=S(=O)(NC[C@@H]1COc2ccccc2O1)C1=Cc2ccccc2CC1. The minimum atomic E-state index is -3.53. The van der Waals surface area contributed by atoms with Crippen molar-refractivity contribution in [1.82, 2.24) is 4.72 Å². The Bertz CT molecular complexity index is 921. The normalized spacial score (nSPS) is 19.0. The van der Waals surface area contributed by atoms with Gasteiger partial charge in [-0.15, -0.1) is 0 Å². The minimum Gasteiger partial charge on any atom is -0.486 e. The van der Waals surface area contributed by atoms with Crippen molar-refractivity contribution in [1.29, 1.82) is 0 Å². The lowest BCUT2D eigenvalue weighted by atomic mass is 9.98. The number of hydrogen-bond acceptors (Lipinski definition) is 4. The number of hydrogen-bond donors (Lipinski definition) is 1. The van der Waals surface area contributed by atoms with Crippen molar-refractivity contribution in [3.63, 3.8) is 0 Å². The van der Waals surface area contributed by atoms with Crippen LogP contribution in [0.4, 0.5) is 0 Å². The van der Waals surface area contributed by atoms with E-state index in [0.717, 1.165) is 12.0 Å². The standard InChI is InChI=1S/C19H19NO4S/c21-25(22,17-10-9-14-5-1-2-6-15(14)11-17)20-12-16-13-23-18-7-3-4-8-19(18)24-16/h1-8,11,16,20H,9-10,12-13H2/t16-/m1/s1. The van der Waals surface area contributed by atoms with Crippen LogP contribution < -0.4 is 14.2 Å². The highest BCUT2D eigenvalue weighted by Crippen LogP contribution is 2.31. The molecule has 0 aromatic heterocycles. The van der Waals surface area contributed by atoms with E-state index in [1.165, 1.54) is 5.56 Å². The van der Waals surface area contributed by atoms with Crippen molar-refractivity contribution < 1.29 is 17.9 Å². The molecule has 1 heterocycles. The van der Waals surface area contributed by atoms with Gasteiger partial charge in [0, 0.05) is 0 Å². The van der Waals surface area contributed by atoms with Crippen LogP contribution in [0.1, 0.15) is 17.5 Å². The fraction of sp³-hybridized carbons (Fsp3) is 0.263. The summed E-state index contributed by atoms with van der Waals surface area (Å²) in [6.45, 7) is 0.497. The molecular formula is C19H19NO4S. The van der Waals surface area contributed by atoms with Crippen LogP contribution in [0.2, 0.25) is 0 Å². The molecule has 1 N–H and O–H groups in total. The predicted molar refractivity (Wildman–Crippen MR) is 96.0 cm³/mol. The van der Waals surface area contributed by atoms with Gasteiger partial charge < -0.3 is 9.47 Å². The number of sulfonamides is 1. The second-order valence-corrected chi connectivity index (χ2v) is 7.98. The van der Waals surface area contributed by atoms with Gasteiger partial charge in [0.1, 0.15) is 12.7 Å². The summed E-state index contributed by atoms with van der Waals surface area (Å²) < 4.78 is 39.3. The smallest absolute Gasteiger partial charge is 0.236 e. The summed E-state index contributed by atoms with van der Waals surface area (Å²) in [5, 5.41) is 0. The largest absolute Gasteiger partial charge is 0.486 e. The number of ether oxygens (including phenoxy) is 2. The second kappa shape index (κ2) is 6.54. The monoisotopic (exact) mass is 357 g/mol. The van der Waals surface area contributed by atoms with Crippen molar-refractivity contribution in [2.45, 2.75) is 18.9 Å². The molecule has 1 atom stereocenters. The maximum absolute atomic E-state index is 12.6. The molecule has 0 fully saturated rings. The van der Waals surface area contributed by atoms with Gasteiger partial charge in [-0.1, -0.05) is 36.4 Å². The molecule has 1 aliphatic carbocycles. The molecule has 0 saturated carbocycles. The second-order valence-electron chi connectivity index (χ2n) is 6.16. The Hall–Kier alpha value is -2.31. The highest BCUT2D eigenvalue weighted by atomic mass is 32.2. The molecule has 2 aromatic carbocycles. The van der Waals surface area contributed by atoms with E-state index in [1.807, 2.05) is 48.5 Å². The molecule has 25 heavy (non-hydrogen) atoms. The zero-order valence-electron chi connectivity index (χ0n) is 13.6. The van der Waals surface area contributed by atoms with Crippen molar-refractivity contribution in [2.75, 3.05) is 13.2 Å². The van der Waals surface area contributed by atoms with Gasteiger partial charge in [0.25, 0.3) is 0 Å². The Kier molecular flexibility index (Phi) is 4.23. The van der Waals surface area contributed by atoms with E-state index in [0.29, 0.717) is 29.4 Å². The third-order valence-electron chi connectivity index (χ3n) is 4.43. The summed E-state index contributed by atoms with van der Waals surface area (Å²) in [5.41, 5.74) is 2.15. The zero-order valence-corrected chi connectivity index (χ0v) is 14.5. The molecule has 2 aliphatic rings. The minimum absolute atomic E-state index is 0.176. The number of allylic oxidation sites excluding steroid dienone is 1. The van der Waals surface area contributed by atoms with Gasteiger partial charge in [-0.2, -0.15) is 0 Å². The lowest BCUT2D eigenvalue weighted by Crippen LogP contribution is -2.41. The molecule has 0 spiro atoms. The highest BCUT2D eigenvalue weighted by Gasteiger charge is 2.25. The number of fused-ring (bicyclic) bond motifs is 2. The van der Waals surface area contributed by atoms with Crippen LogP contribution in [0, 0.1) is 0 Å². The van der Waals surface area contributed by atoms with Gasteiger partial charge in [0.2, 0.25) is 10.0 Å². The number of nitrogens with one attached hydrogen (secondary N) is 1. The molecule has 2 aromatic rings.